The lowest BCUT2D eigenvalue weighted by Gasteiger charge is -2.35. The Kier molecular flexibility index (Phi) is 9.05. The van der Waals surface area contributed by atoms with E-state index in [1.54, 1.807) is 0 Å². The zero-order valence-corrected chi connectivity index (χ0v) is 38.5. The van der Waals surface area contributed by atoms with Crippen LogP contribution in [0.3, 0.4) is 0 Å². The van der Waals surface area contributed by atoms with E-state index in [0.717, 1.165) is 17.1 Å². The van der Waals surface area contributed by atoms with Gasteiger partial charge < -0.3 is 4.90 Å². The number of hydrogen-bond acceptors (Lipinski definition) is 2. The molecule has 1 heterocycles. The molecule has 2 heteroatoms. The highest BCUT2D eigenvalue weighted by Crippen LogP contribution is 2.58. The number of nitrogens with zero attached hydrogens (tertiary/aromatic N) is 1. The molecule has 0 N–H and O–H groups in total. The van der Waals surface area contributed by atoms with Gasteiger partial charge in [0.05, 0.1) is 11.1 Å². The van der Waals surface area contributed by atoms with E-state index in [-0.39, 0.29) is 0 Å². The van der Waals surface area contributed by atoms with E-state index in [2.05, 4.69) is 266 Å². The molecule has 0 saturated heterocycles. The number of thiophene rings is 1. The molecule has 1 aromatic heterocycles. The minimum absolute atomic E-state index is 0.563. The minimum atomic E-state index is -0.563. The molecule has 13 aromatic rings. The summed E-state index contributed by atoms with van der Waals surface area (Å²) in [5.41, 5.74) is 15.2. The van der Waals surface area contributed by atoms with Crippen LogP contribution in [0, 0.1) is 0 Å². The molecule has 1 aliphatic carbocycles. The lowest BCUT2D eigenvalue weighted by Crippen LogP contribution is -2.28. The lowest BCUT2D eigenvalue weighted by molar-refractivity contribution is 0.768. The summed E-state index contributed by atoms with van der Waals surface area (Å²) in [6, 6.07) is 97.2. The second-order valence-corrected chi connectivity index (χ2v) is 19.3. The molecule has 1 aliphatic rings. The molecule has 69 heavy (non-hydrogen) atoms. The van der Waals surface area contributed by atoms with Crippen molar-refractivity contribution in [3.05, 3.63) is 283 Å². The summed E-state index contributed by atoms with van der Waals surface area (Å²) in [6.45, 7) is 0. The van der Waals surface area contributed by atoms with E-state index in [4.69, 9.17) is 0 Å². The van der Waals surface area contributed by atoms with Crippen molar-refractivity contribution in [3.63, 3.8) is 0 Å². The Morgan fingerprint density at radius 2 is 0.841 bits per heavy atom. The fourth-order valence-electron chi connectivity index (χ4n) is 11.8. The van der Waals surface area contributed by atoms with Gasteiger partial charge in [-0.25, -0.2) is 0 Å². The van der Waals surface area contributed by atoms with Crippen LogP contribution < -0.4 is 4.90 Å². The molecular weight excluding hydrogens is 851 g/mol. The molecular formula is C67H43NS. The first-order valence-corrected chi connectivity index (χ1v) is 24.7. The lowest BCUT2D eigenvalue weighted by atomic mass is 9.67. The van der Waals surface area contributed by atoms with Gasteiger partial charge in [0, 0.05) is 42.5 Å². The SMILES string of the molecule is c1ccc(C2(c3ccccc3)c3ccccc3-c3ccc(N(c4ccc(-c5cccc6c5sc5ccccc56)cc4)c4c(-c5cccc6ccccc56)c5ccccc5c5ccccc45)cc32)cc1. The minimum Gasteiger partial charge on any atom is -0.309 e. The van der Waals surface area contributed by atoms with Crippen molar-refractivity contribution in [1.82, 2.24) is 0 Å². The van der Waals surface area contributed by atoms with Crippen molar-refractivity contribution in [2.45, 2.75) is 5.41 Å². The molecule has 14 rings (SSSR count). The number of anilines is 3. The van der Waals surface area contributed by atoms with Gasteiger partial charge in [0.2, 0.25) is 0 Å². The Bertz CT molecular complexity index is 4080. The third kappa shape index (κ3) is 5.96. The van der Waals surface area contributed by atoms with Gasteiger partial charge in [-0.2, -0.15) is 0 Å². The highest BCUT2D eigenvalue weighted by Gasteiger charge is 2.46. The van der Waals surface area contributed by atoms with Gasteiger partial charge in [-0.1, -0.05) is 231 Å². The van der Waals surface area contributed by atoms with E-state index >= 15 is 0 Å². The second kappa shape index (κ2) is 15.8. The van der Waals surface area contributed by atoms with Crippen LogP contribution in [-0.4, -0.2) is 0 Å². The molecule has 0 amide bonds. The number of hydrogen-bond donors (Lipinski definition) is 0. The quantitative estimate of drug-likeness (QED) is 0.144. The van der Waals surface area contributed by atoms with Crippen LogP contribution in [-0.2, 0) is 5.41 Å². The Hall–Kier alpha value is -8.56. The maximum atomic E-state index is 2.57. The van der Waals surface area contributed by atoms with E-state index < -0.39 is 5.41 Å². The normalized spacial score (nSPS) is 12.8. The molecule has 0 radical (unpaired) electrons. The van der Waals surface area contributed by atoms with Gasteiger partial charge in [-0.15, -0.1) is 11.3 Å². The fraction of sp³-hybridized carbons (Fsp3) is 0.0149. The summed E-state index contributed by atoms with van der Waals surface area (Å²) in [4.78, 5) is 2.57. The van der Waals surface area contributed by atoms with Crippen LogP contribution in [0.4, 0.5) is 17.1 Å². The molecule has 0 unspecified atom stereocenters. The summed E-state index contributed by atoms with van der Waals surface area (Å²) in [6.07, 6.45) is 0. The van der Waals surface area contributed by atoms with Gasteiger partial charge in [0.25, 0.3) is 0 Å². The molecule has 12 aromatic carbocycles. The van der Waals surface area contributed by atoms with Gasteiger partial charge >= 0.3 is 0 Å². The van der Waals surface area contributed by atoms with E-state index in [1.807, 2.05) is 11.3 Å². The molecule has 0 saturated carbocycles. The maximum Gasteiger partial charge on any atom is 0.0714 e. The molecule has 0 spiro atoms. The molecule has 0 bridgehead atoms. The zero-order valence-electron chi connectivity index (χ0n) is 37.7. The van der Waals surface area contributed by atoms with Gasteiger partial charge in [-0.3, -0.25) is 0 Å². The molecule has 0 atom stereocenters. The highest BCUT2D eigenvalue weighted by atomic mass is 32.1. The van der Waals surface area contributed by atoms with Crippen LogP contribution in [0.5, 0.6) is 0 Å². The van der Waals surface area contributed by atoms with E-state index in [1.165, 1.54) is 108 Å². The van der Waals surface area contributed by atoms with Gasteiger partial charge in [0.15, 0.2) is 0 Å². The first-order chi connectivity index (χ1) is 34.3. The average molecular weight is 894 g/mol. The first kappa shape index (κ1) is 39.6. The second-order valence-electron chi connectivity index (χ2n) is 18.3. The predicted molar refractivity (Wildman–Crippen MR) is 295 cm³/mol. The van der Waals surface area contributed by atoms with Crippen molar-refractivity contribution in [2.24, 2.45) is 0 Å². The Balaban J connectivity index is 1.09. The molecule has 0 aliphatic heterocycles. The monoisotopic (exact) mass is 893 g/mol. The van der Waals surface area contributed by atoms with E-state index in [0.29, 0.717) is 0 Å². The molecule has 322 valence electrons. The number of fused-ring (bicyclic) bond motifs is 10. The number of benzene rings is 12. The van der Waals surface area contributed by atoms with Gasteiger partial charge in [0.1, 0.15) is 0 Å². The third-order valence-electron chi connectivity index (χ3n) is 14.7. The van der Waals surface area contributed by atoms with Crippen molar-refractivity contribution >= 4 is 80.9 Å². The van der Waals surface area contributed by atoms with Crippen molar-refractivity contribution in [3.8, 4) is 33.4 Å². The van der Waals surface area contributed by atoms with Crippen molar-refractivity contribution < 1.29 is 0 Å². The van der Waals surface area contributed by atoms with Gasteiger partial charge in [-0.05, 0) is 107 Å². The predicted octanol–water partition coefficient (Wildman–Crippen LogP) is 18.7. The Labute approximate surface area is 405 Å². The first-order valence-electron chi connectivity index (χ1n) is 23.8. The topological polar surface area (TPSA) is 3.24 Å². The summed E-state index contributed by atoms with van der Waals surface area (Å²) in [7, 11) is 0. The van der Waals surface area contributed by atoms with Crippen LogP contribution >= 0.6 is 11.3 Å². The highest BCUT2D eigenvalue weighted by molar-refractivity contribution is 7.26. The largest absolute Gasteiger partial charge is 0.309 e. The molecule has 0 fully saturated rings. The average Bonchev–Trinajstić information content (AvgIpc) is 3.96. The number of rotatable bonds is 7. The van der Waals surface area contributed by atoms with Crippen molar-refractivity contribution in [1.29, 1.82) is 0 Å². The summed E-state index contributed by atoms with van der Waals surface area (Å²) < 4.78 is 2.63. The summed E-state index contributed by atoms with van der Waals surface area (Å²) in [5, 5.41) is 9.94. The maximum absolute atomic E-state index is 2.57. The third-order valence-corrected chi connectivity index (χ3v) is 15.9. The summed E-state index contributed by atoms with van der Waals surface area (Å²) in [5.74, 6) is 0. The van der Waals surface area contributed by atoms with E-state index in [9.17, 15) is 0 Å². The summed E-state index contributed by atoms with van der Waals surface area (Å²) >= 11 is 1.88. The van der Waals surface area contributed by atoms with Crippen LogP contribution in [0.1, 0.15) is 22.3 Å². The molecule has 1 nitrogen and oxygen atoms in total. The Morgan fingerprint density at radius 3 is 1.61 bits per heavy atom. The fourth-order valence-corrected chi connectivity index (χ4v) is 13.1. The zero-order chi connectivity index (χ0) is 45.5. The Morgan fingerprint density at radius 1 is 0.319 bits per heavy atom. The van der Waals surface area contributed by atoms with Crippen LogP contribution in [0.2, 0.25) is 0 Å². The van der Waals surface area contributed by atoms with Crippen LogP contribution in [0.25, 0.3) is 85.9 Å². The smallest absolute Gasteiger partial charge is 0.0714 e. The standard InChI is InChI=1S/C67H43NS/c1-3-21-46(22-4-1)67(47-23-5-2-6-24-47)61-35-15-13-28-54(61)55-42-41-49(43-62(55)67)68(48-39-37-45(38-40-48)51-32-18-34-60-56-29-14-16-36-63(56)69-66(51)60)65-59-31-12-10-27-53(59)52-26-9-11-30-58(52)64(65)57-33-17-20-44-19-7-8-25-50(44)57/h1-43H. The van der Waals surface area contributed by atoms with Crippen molar-refractivity contribution in [2.75, 3.05) is 4.90 Å². The van der Waals surface area contributed by atoms with Crippen LogP contribution in [0.15, 0.2) is 261 Å².